The topological polar surface area (TPSA) is 47.5 Å². The number of hydrogen-bond acceptors (Lipinski definition) is 3. The van der Waals surface area contributed by atoms with Gasteiger partial charge in [0.25, 0.3) is 0 Å². The molecule has 128 valence electrons. The summed E-state index contributed by atoms with van der Waals surface area (Å²) in [5.74, 6) is 0.607. The van der Waals surface area contributed by atoms with Crippen LogP contribution in [-0.2, 0) is 4.74 Å². The lowest BCUT2D eigenvalue weighted by atomic mass is 10.1. The molecule has 3 nitrogen and oxygen atoms in total. The minimum Gasteiger partial charge on any atom is -0.380 e. The predicted molar refractivity (Wildman–Crippen MR) is 95.0 cm³/mol. The Labute approximate surface area is 130 Å². The van der Waals surface area contributed by atoms with E-state index in [0.717, 1.165) is 13.1 Å². The second-order valence-corrected chi connectivity index (χ2v) is 4.91. The number of methoxy groups -OCH3 is 1. The highest BCUT2D eigenvalue weighted by molar-refractivity contribution is 4.67. The highest BCUT2D eigenvalue weighted by atomic mass is 16.5. The molecule has 3 N–H and O–H groups in total. The smallest absolute Gasteiger partial charge is 0.0721 e. The maximum absolute atomic E-state index is 5.45. The van der Waals surface area contributed by atoms with Crippen LogP contribution in [0.4, 0.5) is 0 Å². The summed E-state index contributed by atoms with van der Waals surface area (Å²) in [6, 6.07) is 0. The standard InChI is InChI=1S/C11H25NO.C4H10.C2H6.H3N/c1-6-8-12(7-2)9-11(13-5)10(3)4;1-3-4-2;1-2;/h10-11H,6-9H2,1-5H3;3-4H2,1-2H3;1-2H3;1H3. The van der Waals surface area contributed by atoms with Crippen molar-refractivity contribution in [2.45, 2.75) is 80.8 Å². The molecule has 0 bridgehead atoms. The molecule has 1 unspecified atom stereocenters. The Hall–Kier alpha value is -0.120. The first-order valence-electron chi connectivity index (χ1n) is 8.32. The molecule has 0 radical (unpaired) electrons. The van der Waals surface area contributed by atoms with Gasteiger partial charge in [-0.25, -0.2) is 0 Å². The zero-order valence-electron chi connectivity index (χ0n) is 16.0. The lowest BCUT2D eigenvalue weighted by molar-refractivity contribution is 0.0336. The van der Waals surface area contributed by atoms with Gasteiger partial charge < -0.3 is 15.8 Å². The van der Waals surface area contributed by atoms with Gasteiger partial charge in [-0.1, -0.05) is 68.2 Å². The van der Waals surface area contributed by atoms with Crippen molar-refractivity contribution in [3.63, 3.8) is 0 Å². The van der Waals surface area contributed by atoms with Crippen molar-refractivity contribution < 1.29 is 4.74 Å². The molecule has 0 heterocycles. The van der Waals surface area contributed by atoms with Gasteiger partial charge in [0.2, 0.25) is 0 Å². The molecular weight excluding hydrogens is 248 g/mol. The molecule has 0 rings (SSSR count). The Balaban J connectivity index is -0.000000157. The van der Waals surface area contributed by atoms with E-state index in [2.05, 4.69) is 46.4 Å². The van der Waals surface area contributed by atoms with E-state index < -0.39 is 0 Å². The number of ether oxygens (including phenoxy) is 1. The maximum atomic E-state index is 5.45. The van der Waals surface area contributed by atoms with Gasteiger partial charge in [-0.2, -0.15) is 0 Å². The fourth-order valence-electron chi connectivity index (χ4n) is 1.51. The second kappa shape index (κ2) is 23.9. The van der Waals surface area contributed by atoms with Crippen molar-refractivity contribution in [2.75, 3.05) is 26.7 Å². The second-order valence-electron chi connectivity index (χ2n) is 4.91. The molecule has 0 fully saturated rings. The van der Waals surface area contributed by atoms with Crippen LogP contribution in [0.3, 0.4) is 0 Å². The summed E-state index contributed by atoms with van der Waals surface area (Å²) >= 11 is 0. The summed E-state index contributed by atoms with van der Waals surface area (Å²) in [7, 11) is 1.81. The maximum Gasteiger partial charge on any atom is 0.0721 e. The first-order valence-corrected chi connectivity index (χ1v) is 8.32. The van der Waals surface area contributed by atoms with Crippen molar-refractivity contribution in [1.29, 1.82) is 0 Å². The Morgan fingerprint density at radius 3 is 1.55 bits per heavy atom. The third kappa shape index (κ3) is 20.2. The average Bonchev–Trinajstić information content (AvgIpc) is 2.45. The molecule has 0 saturated heterocycles. The molecule has 0 spiro atoms. The lowest BCUT2D eigenvalue weighted by Crippen LogP contribution is -2.36. The molecular formula is C17H44N2O. The highest BCUT2D eigenvalue weighted by Crippen LogP contribution is 2.07. The van der Waals surface area contributed by atoms with Crippen LogP contribution >= 0.6 is 0 Å². The first kappa shape index (κ1) is 28.1. The molecule has 3 heteroatoms. The Kier molecular flexibility index (Phi) is 33.6. The minimum absolute atomic E-state index is 0. The number of unbranched alkanes of at least 4 members (excludes halogenated alkanes) is 1. The lowest BCUT2D eigenvalue weighted by Gasteiger charge is -2.27. The third-order valence-electron chi connectivity index (χ3n) is 2.97. The molecule has 0 saturated carbocycles. The van der Waals surface area contributed by atoms with Crippen LogP contribution in [0.15, 0.2) is 0 Å². The van der Waals surface area contributed by atoms with E-state index >= 15 is 0 Å². The van der Waals surface area contributed by atoms with Crippen molar-refractivity contribution >= 4 is 0 Å². The van der Waals surface area contributed by atoms with E-state index in [9.17, 15) is 0 Å². The largest absolute Gasteiger partial charge is 0.380 e. The van der Waals surface area contributed by atoms with E-state index in [-0.39, 0.29) is 6.15 Å². The van der Waals surface area contributed by atoms with E-state index in [1.54, 1.807) is 0 Å². The van der Waals surface area contributed by atoms with Crippen molar-refractivity contribution in [2.24, 2.45) is 5.92 Å². The monoisotopic (exact) mass is 292 g/mol. The summed E-state index contributed by atoms with van der Waals surface area (Å²) in [6.45, 7) is 20.6. The van der Waals surface area contributed by atoms with Gasteiger partial charge in [-0.15, -0.1) is 0 Å². The normalized spacial score (nSPS) is 10.9. The van der Waals surface area contributed by atoms with Gasteiger partial charge in [-0.05, 0) is 25.4 Å². The van der Waals surface area contributed by atoms with Gasteiger partial charge in [0, 0.05) is 13.7 Å². The van der Waals surface area contributed by atoms with Crippen LogP contribution in [-0.4, -0.2) is 37.7 Å². The average molecular weight is 293 g/mol. The molecule has 0 aromatic rings. The van der Waals surface area contributed by atoms with Crippen LogP contribution in [0.5, 0.6) is 0 Å². The van der Waals surface area contributed by atoms with Crippen LogP contribution in [0.1, 0.15) is 74.7 Å². The zero-order chi connectivity index (χ0) is 15.7. The predicted octanol–water partition coefficient (Wildman–Crippen LogP) is 5.38. The number of nitrogens with zero attached hydrogens (tertiary/aromatic N) is 1. The van der Waals surface area contributed by atoms with Crippen LogP contribution in [0.25, 0.3) is 0 Å². The van der Waals surface area contributed by atoms with Crippen LogP contribution in [0, 0.1) is 5.92 Å². The zero-order valence-corrected chi connectivity index (χ0v) is 16.0. The number of likely N-dealkylation sites (N-methyl/N-ethyl adjacent to an activating group) is 1. The highest BCUT2D eigenvalue weighted by Gasteiger charge is 2.15. The Morgan fingerprint density at radius 2 is 1.35 bits per heavy atom. The summed E-state index contributed by atoms with van der Waals surface area (Å²) in [6.07, 6.45) is 4.24. The third-order valence-corrected chi connectivity index (χ3v) is 2.97. The molecule has 0 aliphatic carbocycles. The summed E-state index contributed by atoms with van der Waals surface area (Å²) in [5, 5.41) is 0. The van der Waals surface area contributed by atoms with E-state index in [1.165, 1.54) is 25.8 Å². The fourth-order valence-corrected chi connectivity index (χ4v) is 1.51. The van der Waals surface area contributed by atoms with E-state index in [0.29, 0.717) is 12.0 Å². The van der Waals surface area contributed by atoms with Crippen LogP contribution in [0.2, 0.25) is 0 Å². The molecule has 0 aliphatic rings. The SMILES string of the molecule is CC.CCCC.CCCN(CC)CC(OC)C(C)C.N. The summed E-state index contributed by atoms with van der Waals surface area (Å²) in [4.78, 5) is 2.45. The fraction of sp³-hybridized carbons (Fsp3) is 1.00. The molecule has 0 amide bonds. The van der Waals surface area contributed by atoms with Gasteiger partial charge in [-0.3, -0.25) is 0 Å². The van der Waals surface area contributed by atoms with Gasteiger partial charge in [0.15, 0.2) is 0 Å². The van der Waals surface area contributed by atoms with Gasteiger partial charge >= 0.3 is 0 Å². The molecule has 0 aromatic heterocycles. The summed E-state index contributed by atoms with van der Waals surface area (Å²) in [5.41, 5.74) is 0. The Morgan fingerprint density at radius 1 is 0.900 bits per heavy atom. The molecule has 0 aliphatic heterocycles. The van der Waals surface area contributed by atoms with Crippen molar-refractivity contribution in [1.82, 2.24) is 11.1 Å². The minimum atomic E-state index is 0. The van der Waals surface area contributed by atoms with Crippen molar-refractivity contribution in [3.05, 3.63) is 0 Å². The van der Waals surface area contributed by atoms with Crippen LogP contribution < -0.4 is 6.15 Å². The van der Waals surface area contributed by atoms with Gasteiger partial charge in [0.1, 0.15) is 0 Å². The molecule has 0 aromatic carbocycles. The molecule has 20 heavy (non-hydrogen) atoms. The Bertz CT molecular complexity index is 139. The quantitative estimate of drug-likeness (QED) is 0.653. The van der Waals surface area contributed by atoms with Gasteiger partial charge in [0.05, 0.1) is 6.10 Å². The number of hydrogen-bond donors (Lipinski definition) is 1. The van der Waals surface area contributed by atoms with E-state index in [1.807, 2.05) is 21.0 Å². The first-order chi connectivity index (χ1) is 9.06. The molecule has 1 atom stereocenters. The van der Waals surface area contributed by atoms with E-state index in [4.69, 9.17) is 4.74 Å². The van der Waals surface area contributed by atoms with Crippen molar-refractivity contribution in [3.8, 4) is 0 Å². The summed E-state index contributed by atoms with van der Waals surface area (Å²) < 4.78 is 5.45. The number of rotatable bonds is 8.